The van der Waals surface area contributed by atoms with E-state index < -0.39 is 5.60 Å². The number of hydrogen-bond donors (Lipinski definition) is 1. The van der Waals surface area contributed by atoms with E-state index in [0.717, 1.165) is 12.8 Å². The first kappa shape index (κ1) is 16.9. The Hall–Kier alpha value is -1.49. The molecule has 0 aromatic heterocycles. The third-order valence-corrected chi connectivity index (χ3v) is 3.70. The predicted molar refractivity (Wildman–Crippen MR) is 85.9 cm³/mol. The van der Waals surface area contributed by atoms with E-state index in [9.17, 15) is 9.18 Å². The molecule has 0 spiro atoms. The Balaban J connectivity index is 2.00. The standard InChI is InChI=1S/C16H22ClFN2O2/c1-16(2,3)22-15(21)20-9-5-6-11(10-20)19-14-12(17)7-4-8-13(14)18/h4,7-8,11,19H,5-6,9-10H2,1-3H3. The van der Waals surface area contributed by atoms with Crippen molar-refractivity contribution < 1.29 is 13.9 Å². The summed E-state index contributed by atoms with van der Waals surface area (Å²) in [7, 11) is 0. The van der Waals surface area contributed by atoms with E-state index in [2.05, 4.69) is 5.32 Å². The van der Waals surface area contributed by atoms with E-state index in [1.807, 2.05) is 20.8 Å². The first-order valence-electron chi connectivity index (χ1n) is 7.45. The van der Waals surface area contributed by atoms with Crippen LogP contribution in [0.15, 0.2) is 18.2 Å². The fourth-order valence-corrected chi connectivity index (χ4v) is 2.64. The second-order valence-corrected chi connectivity index (χ2v) is 6.91. The van der Waals surface area contributed by atoms with E-state index in [4.69, 9.17) is 16.3 Å². The van der Waals surface area contributed by atoms with Gasteiger partial charge in [0.15, 0.2) is 0 Å². The van der Waals surface area contributed by atoms with Gasteiger partial charge >= 0.3 is 6.09 Å². The highest BCUT2D eigenvalue weighted by Crippen LogP contribution is 2.27. The second kappa shape index (κ2) is 6.73. The van der Waals surface area contributed by atoms with Gasteiger partial charge in [0.2, 0.25) is 0 Å². The van der Waals surface area contributed by atoms with E-state index in [-0.39, 0.29) is 18.0 Å². The largest absolute Gasteiger partial charge is 0.444 e. The van der Waals surface area contributed by atoms with Crippen LogP contribution in [0.2, 0.25) is 5.02 Å². The summed E-state index contributed by atoms with van der Waals surface area (Å²) >= 11 is 6.03. The molecular formula is C16H22ClFN2O2. The lowest BCUT2D eigenvalue weighted by Crippen LogP contribution is -2.47. The zero-order chi connectivity index (χ0) is 16.3. The summed E-state index contributed by atoms with van der Waals surface area (Å²) in [6, 6.07) is 4.52. The molecule has 1 N–H and O–H groups in total. The maximum Gasteiger partial charge on any atom is 0.410 e. The van der Waals surface area contributed by atoms with Crippen LogP contribution in [0.5, 0.6) is 0 Å². The Kier molecular flexibility index (Phi) is 5.16. The molecule has 0 radical (unpaired) electrons. The van der Waals surface area contributed by atoms with Gasteiger partial charge in [-0.15, -0.1) is 0 Å². The van der Waals surface area contributed by atoms with Crippen LogP contribution in [0.1, 0.15) is 33.6 Å². The average molecular weight is 329 g/mol. The summed E-state index contributed by atoms with van der Waals surface area (Å²) in [5.74, 6) is -0.387. The molecule has 1 saturated heterocycles. The van der Waals surface area contributed by atoms with Crippen molar-refractivity contribution in [3.05, 3.63) is 29.0 Å². The molecule has 4 nitrogen and oxygen atoms in total. The molecule has 22 heavy (non-hydrogen) atoms. The summed E-state index contributed by atoms with van der Waals surface area (Å²) in [5, 5.41) is 3.45. The normalized spacial score (nSPS) is 19.0. The lowest BCUT2D eigenvalue weighted by atomic mass is 10.1. The van der Waals surface area contributed by atoms with E-state index in [0.29, 0.717) is 23.8 Å². The topological polar surface area (TPSA) is 41.6 Å². The first-order chi connectivity index (χ1) is 10.3. The van der Waals surface area contributed by atoms with Crippen molar-refractivity contribution in [1.29, 1.82) is 0 Å². The molecule has 122 valence electrons. The summed E-state index contributed by atoms with van der Waals surface area (Å²) < 4.78 is 19.2. The molecule has 0 bridgehead atoms. The van der Waals surface area contributed by atoms with Crippen LogP contribution >= 0.6 is 11.6 Å². The van der Waals surface area contributed by atoms with Crippen molar-refractivity contribution in [2.75, 3.05) is 18.4 Å². The number of rotatable bonds is 2. The van der Waals surface area contributed by atoms with Crippen LogP contribution in [0, 0.1) is 5.82 Å². The van der Waals surface area contributed by atoms with Gasteiger partial charge in [-0.05, 0) is 45.7 Å². The van der Waals surface area contributed by atoms with Gasteiger partial charge in [-0.3, -0.25) is 0 Å². The number of anilines is 1. The molecule has 1 unspecified atom stereocenters. The molecule has 1 aliphatic rings. The SMILES string of the molecule is CC(C)(C)OC(=O)N1CCCC(Nc2c(F)cccc2Cl)C1. The number of amides is 1. The van der Waals surface area contributed by atoms with Gasteiger partial charge in [0.1, 0.15) is 11.4 Å². The van der Waals surface area contributed by atoms with Crippen molar-refractivity contribution >= 4 is 23.4 Å². The van der Waals surface area contributed by atoms with E-state index >= 15 is 0 Å². The van der Waals surface area contributed by atoms with Crippen LogP contribution in [0.25, 0.3) is 0 Å². The average Bonchev–Trinajstić information content (AvgIpc) is 2.41. The van der Waals surface area contributed by atoms with Crippen molar-refractivity contribution in [1.82, 2.24) is 4.90 Å². The highest BCUT2D eigenvalue weighted by Gasteiger charge is 2.28. The van der Waals surface area contributed by atoms with Crippen molar-refractivity contribution in [3.8, 4) is 0 Å². The molecule has 1 aromatic carbocycles. The highest BCUT2D eigenvalue weighted by atomic mass is 35.5. The minimum absolute atomic E-state index is 0.0457. The van der Waals surface area contributed by atoms with E-state index in [1.165, 1.54) is 6.07 Å². The van der Waals surface area contributed by atoms with Crippen molar-refractivity contribution in [3.63, 3.8) is 0 Å². The molecule has 1 atom stereocenters. The Morgan fingerprint density at radius 3 is 2.82 bits per heavy atom. The summed E-state index contributed by atoms with van der Waals surface area (Å²) in [6.45, 7) is 6.63. The molecule has 6 heteroatoms. The van der Waals surface area contributed by atoms with Crippen molar-refractivity contribution in [2.45, 2.75) is 45.3 Å². The predicted octanol–water partition coefficient (Wildman–Crippen LogP) is 4.29. The van der Waals surface area contributed by atoms with Crippen LogP contribution in [0.4, 0.5) is 14.9 Å². The quantitative estimate of drug-likeness (QED) is 0.880. The summed E-state index contributed by atoms with van der Waals surface area (Å²) in [4.78, 5) is 13.8. The van der Waals surface area contributed by atoms with Gasteiger partial charge in [-0.1, -0.05) is 17.7 Å². The number of carbonyl (C=O) groups excluding carboxylic acids is 1. The molecule has 0 aliphatic carbocycles. The lowest BCUT2D eigenvalue weighted by Gasteiger charge is -2.35. The number of likely N-dealkylation sites (tertiary alicyclic amines) is 1. The van der Waals surface area contributed by atoms with Gasteiger partial charge in [-0.2, -0.15) is 0 Å². The Morgan fingerprint density at radius 2 is 2.18 bits per heavy atom. The fourth-order valence-electron chi connectivity index (χ4n) is 2.43. The third kappa shape index (κ3) is 4.50. The number of carbonyl (C=O) groups is 1. The van der Waals surface area contributed by atoms with Crippen LogP contribution < -0.4 is 5.32 Å². The Morgan fingerprint density at radius 1 is 1.45 bits per heavy atom. The minimum atomic E-state index is -0.522. The Bertz CT molecular complexity index is 525. The number of para-hydroxylation sites is 1. The zero-order valence-corrected chi connectivity index (χ0v) is 13.9. The number of benzene rings is 1. The molecule has 1 aliphatic heterocycles. The second-order valence-electron chi connectivity index (χ2n) is 6.51. The van der Waals surface area contributed by atoms with Crippen LogP contribution in [-0.2, 0) is 4.74 Å². The smallest absolute Gasteiger partial charge is 0.410 e. The van der Waals surface area contributed by atoms with Gasteiger partial charge < -0.3 is 15.0 Å². The third-order valence-electron chi connectivity index (χ3n) is 3.38. The number of nitrogens with zero attached hydrogens (tertiary/aromatic N) is 1. The Labute approximate surface area is 135 Å². The van der Waals surface area contributed by atoms with E-state index in [1.54, 1.807) is 17.0 Å². The maximum atomic E-state index is 13.8. The van der Waals surface area contributed by atoms with Gasteiger partial charge in [0.05, 0.1) is 10.7 Å². The van der Waals surface area contributed by atoms with Gasteiger partial charge in [0.25, 0.3) is 0 Å². The molecule has 1 fully saturated rings. The zero-order valence-electron chi connectivity index (χ0n) is 13.2. The lowest BCUT2D eigenvalue weighted by molar-refractivity contribution is 0.0206. The molecule has 1 amide bonds. The summed E-state index contributed by atoms with van der Waals surface area (Å²) in [5.41, 5.74) is -0.230. The van der Waals surface area contributed by atoms with Gasteiger partial charge in [0, 0.05) is 19.1 Å². The van der Waals surface area contributed by atoms with Gasteiger partial charge in [-0.25, -0.2) is 9.18 Å². The van der Waals surface area contributed by atoms with Crippen LogP contribution in [-0.4, -0.2) is 35.7 Å². The first-order valence-corrected chi connectivity index (χ1v) is 7.82. The highest BCUT2D eigenvalue weighted by molar-refractivity contribution is 6.33. The fraction of sp³-hybridized carbons (Fsp3) is 0.562. The number of nitrogens with one attached hydrogen (secondary N) is 1. The number of halogens is 2. The number of piperidine rings is 1. The summed E-state index contributed by atoms with van der Waals surface area (Å²) in [6.07, 6.45) is 1.35. The van der Waals surface area contributed by atoms with Crippen LogP contribution in [0.3, 0.4) is 0 Å². The number of hydrogen-bond acceptors (Lipinski definition) is 3. The monoisotopic (exact) mass is 328 g/mol. The maximum absolute atomic E-state index is 13.8. The molecule has 0 saturated carbocycles. The van der Waals surface area contributed by atoms with Crippen molar-refractivity contribution in [2.24, 2.45) is 0 Å². The molecule has 2 rings (SSSR count). The molecule has 1 aromatic rings. The molecule has 1 heterocycles. The number of ether oxygens (including phenoxy) is 1. The molecular weight excluding hydrogens is 307 g/mol. The minimum Gasteiger partial charge on any atom is -0.444 e.